The van der Waals surface area contributed by atoms with E-state index in [2.05, 4.69) is 4.79 Å². The first kappa shape index (κ1) is 11.7. The van der Waals surface area contributed by atoms with Crippen LogP contribution in [0, 0.1) is 17.2 Å². The minimum Gasteiger partial charge on any atom is -0.472 e. The predicted octanol–water partition coefficient (Wildman–Crippen LogP) is 0.912. The molecule has 0 aliphatic rings. The highest BCUT2D eigenvalue weighted by Gasteiger charge is 2.36. The van der Waals surface area contributed by atoms with E-state index in [9.17, 15) is 18.4 Å². The number of rotatable bonds is 3. The van der Waals surface area contributed by atoms with E-state index < -0.39 is 34.7 Å². The number of ketones is 1. The van der Waals surface area contributed by atoms with E-state index in [1.165, 1.54) is 0 Å². The van der Waals surface area contributed by atoms with Crippen molar-refractivity contribution < 1.29 is 28.3 Å². The minimum absolute atomic E-state index is 0.805. The molecule has 16 heavy (non-hydrogen) atoms. The number of benzene rings is 1. The molecule has 2 N–H and O–H groups in total. The van der Waals surface area contributed by atoms with Gasteiger partial charge in [0.25, 0.3) is 5.78 Å². The summed E-state index contributed by atoms with van der Waals surface area (Å²) in [6, 6.07) is 2.64. The van der Waals surface area contributed by atoms with E-state index in [-0.39, 0.29) is 0 Å². The molecule has 0 atom stereocenters. The Morgan fingerprint density at radius 3 is 2.12 bits per heavy atom. The molecule has 0 amide bonds. The SMILES string of the molecule is N=[N+]=C(C(=O)O)C(=O)c1c(F)cccc1F. The minimum atomic E-state index is -1.82. The highest BCUT2D eigenvalue weighted by molar-refractivity contribution is 6.65. The Balaban J connectivity index is 3.36. The van der Waals surface area contributed by atoms with E-state index in [0.29, 0.717) is 0 Å². The van der Waals surface area contributed by atoms with E-state index in [1.54, 1.807) is 0 Å². The molecule has 0 spiro atoms. The van der Waals surface area contributed by atoms with Gasteiger partial charge in [0.2, 0.25) is 0 Å². The molecule has 1 aromatic rings. The van der Waals surface area contributed by atoms with Gasteiger partial charge in [0.1, 0.15) is 17.2 Å². The Hall–Kier alpha value is -2.40. The van der Waals surface area contributed by atoms with Crippen molar-refractivity contribution in [3.05, 3.63) is 35.4 Å². The number of nitrogens with zero attached hydrogens (tertiary/aromatic N) is 1. The Morgan fingerprint density at radius 2 is 1.75 bits per heavy atom. The van der Waals surface area contributed by atoms with Gasteiger partial charge in [0.15, 0.2) is 0 Å². The van der Waals surface area contributed by atoms with Crippen LogP contribution in [0.5, 0.6) is 0 Å². The Morgan fingerprint density at radius 1 is 1.25 bits per heavy atom. The van der Waals surface area contributed by atoms with Crippen molar-refractivity contribution >= 4 is 17.5 Å². The van der Waals surface area contributed by atoms with Crippen LogP contribution in [0.4, 0.5) is 8.78 Å². The summed E-state index contributed by atoms with van der Waals surface area (Å²) < 4.78 is 26.2. The first-order valence-electron chi connectivity index (χ1n) is 3.95. The third-order valence-corrected chi connectivity index (χ3v) is 1.72. The number of carbonyl (C=O) groups is 2. The van der Waals surface area contributed by atoms with Gasteiger partial charge < -0.3 is 5.11 Å². The topological polar surface area (TPSA) is 92.3 Å². The van der Waals surface area contributed by atoms with Crippen molar-refractivity contribution in [2.45, 2.75) is 0 Å². The largest absolute Gasteiger partial charge is 0.495 e. The molecule has 1 rings (SSSR count). The number of halogens is 2. The summed E-state index contributed by atoms with van der Waals surface area (Å²) in [6.07, 6.45) is 0. The highest BCUT2D eigenvalue weighted by atomic mass is 19.1. The van der Waals surface area contributed by atoms with Crippen LogP contribution in [0.3, 0.4) is 0 Å². The van der Waals surface area contributed by atoms with Crippen molar-refractivity contribution in [3.8, 4) is 0 Å². The van der Waals surface area contributed by atoms with E-state index in [0.717, 1.165) is 18.2 Å². The highest BCUT2D eigenvalue weighted by Crippen LogP contribution is 2.13. The van der Waals surface area contributed by atoms with Crippen molar-refractivity contribution in [1.29, 1.82) is 5.53 Å². The molecule has 1 aromatic carbocycles. The molecule has 0 unspecified atom stereocenters. The van der Waals surface area contributed by atoms with Crippen LogP contribution in [-0.2, 0) is 4.79 Å². The van der Waals surface area contributed by atoms with Gasteiger partial charge in [-0.25, -0.2) is 13.6 Å². The maximum Gasteiger partial charge on any atom is 0.495 e. The molecule has 0 saturated heterocycles. The molecule has 0 aromatic heterocycles. The molecule has 0 aliphatic heterocycles. The molecule has 0 saturated carbocycles. The van der Waals surface area contributed by atoms with Gasteiger partial charge in [-0.3, -0.25) is 4.79 Å². The lowest BCUT2D eigenvalue weighted by molar-refractivity contribution is -0.147. The zero-order valence-corrected chi connectivity index (χ0v) is 7.70. The maximum absolute atomic E-state index is 13.1. The van der Waals surface area contributed by atoms with Gasteiger partial charge in [-0.2, -0.15) is 0 Å². The molecule has 0 radical (unpaired) electrons. The summed E-state index contributed by atoms with van der Waals surface area (Å²) in [4.78, 5) is 24.2. The number of Topliss-reactive ketones (excluding diaryl/α,β-unsaturated/α-hetero) is 1. The van der Waals surface area contributed by atoms with Crippen LogP contribution in [0.2, 0.25) is 0 Å². The zero-order chi connectivity index (χ0) is 12.3. The third kappa shape index (κ3) is 1.99. The number of nitrogens with one attached hydrogen (secondary N) is 1. The number of carboxylic acids is 1. The van der Waals surface area contributed by atoms with Gasteiger partial charge in [-0.05, 0) is 12.1 Å². The molecule has 82 valence electrons. The van der Waals surface area contributed by atoms with Crippen molar-refractivity contribution in [3.63, 3.8) is 0 Å². The molecular weight excluding hydrogens is 222 g/mol. The van der Waals surface area contributed by atoms with Gasteiger partial charge in [0.05, 0.1) is 10.3 Å². The van der Waals surface area contributed by atoms with Crippen LogP contribution < -0.4 is 0 Å². The quantitative estimate of drug-likeness (QED) is 0.264. The average Bonchev–Trinajstić information content (AvgIpc) is 2.17. The van der Waals surface area contributed by atoms with Gasteiger partial charge in [-0.15, -0.1) is 0 Å². The molecule has 0 heterocycles. The standard InChI is InChI=1S/C9H4F2N2O3/c10-4-2-1-3-5(11)6(4)8(14)7(13-12)9(15)16/h1-3,12H/p+1. The second-order valence-electron chi connectivity index (χ2n) is 2.69. The van der Waals surface area contributed by atoms with Crippen LogP contribution in [0.15, 0.2) is 18.2 Å². The predicted molar refractivity (Wildman–Crippen MR) is 46.3 cm³/mol. The van der Waals surface area contributed by atoms with Crippen LogP contribution in [0.1, 0.15) is 10.4 Å². The third-order valence-electron chi connectivity index (χ3n) is 1.72. The zero-order valence-electron chi connectivity index (χ0n) is 7.70. The summed E-state index contributed by atoms with van der Waals surface area (Å²) >= 11 is 0. The summed E-state index contributed by atoms with van der Waals surface area (Å²) in [5.74, 6) is -5.69. The van der Waals surface area contributed by atoms with E-state index >= 15 is 0 Å². The van der Waals surface area contributed by atoms with E-state index in [1.807, 2.05) is 0 Å². The first-order valence-corrected chi connectivity index (χ1v) is 3.95. The monoisotopic (exact) mass is 227 g/mol. The maximum atomic E-state index is 13.1. The summed E-state index contributed by atoms with van der Waals surface area (Å²) in [5.41, 5.74) is 4.17. The smallest absolute Gasteiger partial charge is 0.472 e. The summed E-state index contributed by atoms with van der Waals surface area (Å²) in [5, 5.41) is 8.47. The lowest BCUT2D eigenvalue weighted by Gasteiger charge is -1.97. The lowest BCUT2D eigenvalue weighted by atomic mass is 10.1. The fraction of sp³-hybridized carbons (Fsp3) is 0. The number of carboxylic acid groups (broad SMARTS) is 1. The molecule has 0 fully saturated rings. The Bertz CT molecular complexity index is 501. The van der Waals surface area contributed by atoms with Crippen molar-refractivity contribution in [1.82, 2.24) is 0 Å². The molecule has 7 heteroatoms. The Labute approximate surface area is 87.6 Å². The molecule has 0 bridgehead atoms. The van der Waals surface area contributed by atoms with Crippen molar-refractivity contribution in [2.75, 3.05) is 0 Å². The summed E-state index contributed by atoms with van der Waals surface area (Å²) in [7, 11) is 0. The second kappa shape index (κ2) is 4.41. The average molecular weight is 227 g/mol. The van der Waals surface area contributed by atoms with Crippen LogP contribution >= 0.6 is 0 Å². The van der Waals surface area contributed by atoms with Gasteiger partial charge in [-0.1, -0.05) is 6.07 Å². The van der Waals surface area contributed by atoms with Crippen LogP contribution in [0.25, 0.3) is 0 Å². The first-order chi connectivity index (χ1) is 7.49. The summed E-state index contributed by atoms with van der Waals surface area (Å²) in [6.45, 7) is 0. The van der Waals surface area contributed by atoms with E-state index in [4.69, 9.17) is 10.6 Å². The van der Waals surface area contributed by atoms with Crippen LogP contribution in [-0.4, -0.2) is 27.4 Å². The van der Waals surface area contributed by atoms with Crippen molar-refractivity contribution in [2.24, 2.45) is 0 Å². The molecule has 5 nitrogen and oxygen atoms in total. The Kier molecular flexibility index (Phi) is 3.22. The normalized spacial score (nSPS) is 9.38. The number of hydrogen-bond acceptors (Lipinski definition) is 3. The fourth-order valence-corrected chi connectivity index (χ4v) is 1.03. The van der Waals surface area contributed by atoms with Gasteiger partial charge in [0, 0.05) is 0 Å². The molecule has 0 aliphatic carbocycles. The lowest BCUT2D eigenvalue weighted by Crippen LogP contribution is -2.26. The molecular formula is C9H5F2N2O3+. The van der Waals surface area contributed by atoms with Gasteiger partial charge >= 0.3 is 11.7 Å². The number of aliphatic carboxylic acids is 1. The number of carbonyl (C=O) groups excluding carboxylic acids is 1. The fourth-order valence-electron chi connectivity index (χ4n) is 1.03. The number of hydrogen-bond donors (Lipinski definition) is 2. The second-order valence-corrected chi connectivity index (χ2v) is 2.69.